The molecule has 1 aromatic carbocycles. The van der Waals surface area contributed by atoms with Gasteiger partial charge in [0.1, 0.15) is 11.6 Å². The van der Waals surface area contributed by atoms with Crippen LogP contribution in [0.5, 0.6) is 5.75 Å². The van der Waals surface area contributed by atoms with Gasteiger partial charge in [-0.25, -0.2) is 13.2 Å². The lowest BCUT2D eigenvalue weighted by Gasteiger charge is -2.18. The topological polar surface area (TPSA) is 72.5 Å². The van der Waals surface area contributed by atoms with Crippen LogP contribution in [0.1, 0.15) is 36.4 Å². The van der Waals surface area contributed by atoms with Crippen molar-refractivity contribution in [2.75, 3.05) is 7.11 Å². The Morgan fingerprint density at radius 3 is 2.47 bits per heavy atom. The highest BCUT2D eigenvalue weighted by Gasteiger charge is 2.22. The Labute approximate surface area is 108 Å². The first kappa shape index (κ1) is 15.3. The molecule has 7 heteroatoms. The molecule has 0 radical (unpaired) electrons. The summed E-state index contributed by atoms with van der Waals surface area (Å²) in [5.74, 6) is -2.13. The van der Waals surface area contributed by atoms with Gasteiger partial charge in [-0.05, 0) is 18.6 Å². The van der Waals surface area contributed by atoms with Gasteiger partial charge in [0.2, 0.25) is 0 Å². The molecular formula is C12H14F3NO3. The van der Waals surface area contributed by atoms with Gasteiger partial charge in [0.15, 0.2) is 0 Å². The minimum Gasteiger partial charge on any atom is -0.496 e. The van der Waals surface area contributed by atoms with Crippen LogP contribution in [0.2, 0.25) is 0 Å². The summed E-state index contributed by atoms with van der Waals surface area (Å²) in [6.07, 6.45) is -3.15. The van der Waals surface area contributed by atoms with E-state index in [0.717, 1.165) is 6.07 Å². The summed E-state index contributed by atoms with van der Waals surface area (Å²) < 4.78 is 43.7. The zero-order valence-corrected chi connectivity index (χ0v) is 10.2. The highest BCUT2D eigenvalue weighted by Crippen LogP contribution is 2.36. The first-order valence-electron chi connectivity index (χ1n) is 5.49. The predicted molar refractivity (Wildman–Crippen MR) is 61.7 cm³/mol. The number of aliphatic carboxylic acids is 1. The molecule has 0 aromatic heterocycles. The number of carboxylic acids is 1. The normalized spacial score (nSPS) is 12.5. The zero-order valence-electron chi connectivity index (χ0n) is 10.2. The van der Waals surface area contributed by atoms with Crippen molar-refractivity contribution < 1.29 is 27.8 Å². The van der Waals surface area contributed by atoms with Gasteiger partial charge in [-0.2, -0.15) is 0 Å². The second kappa shape index (κ2) is 6.42. The van der Waals surface area contributed by atoms with Gasteiger partial charge < -0.3 is 15.6 Å². The molecule has 0 aliphatic carbocycles. The fraction of sp³-hybridized carbons (Fsp3) is 0.417. The number of ether oxygens (including phenoxy) is 1. The molecule has 0 saturated carbocycles. The van der Waals surface area contributed by atoms with E-state index in [1.165, 1.54) is 7.11 Å². The quantitative estimate of drug-likeness (QED) is 0.838. The first-order valence-corrected chi connectivity index (χ1v) is 5.49. The minimum atomic E-state index is -2.91. The average Bonchev–Trinajstić information content (AvgIpc) is 2.34. The standard InChI is InChI=1S/C12H14F3NO3/c1-19-11-7(9(16)2-3-10(17)18)4-6(13)5-8(11)12(14)15/h4-5,9,12H,2-3,16H2,1H3,(H,17,18). The van der Waals surface area contributed by atoms with Crippen molar-refractivity contribution in [2.45, 2.75) is 25.3 Å². The van der Waals surface area contributed by atoms with Crippen LogP contribution in [-0.4, -0.2) is 18.2 Å². The molecule has 0 aliphatic rings. The van der Waals surface area contributed by atoms with Crippen molar-refractivity contribution in [1.82, 2.24) is 0 Å². The molecule has 4 nitrogen and oxygen atoms in total. The highest BCUT2D eigenvalue weighted by atomic mass is 19.3. The number of nitrogens with two attached hydrogens (primary N) is 1. The lowest BCUT2D eigenvalue weighted by atomic mass is 9.98. The molecule has 19 heavy (non-hydrogen) atoms. The van der Waals surface area contributed by atoms with Crippen LogP contribution in [0.25, 0.3) is 0 Å². The van der Waals surface area contributed by atoms with E-state index in [4.69, 9.17) is 15.6 Å². The fourth-order valence-corrected chi connectivity index (χ4v) is 1.74. The van der Waals surface area contributed by atoms with Gasteiger partial charge in [0.25, 0.3) is 6.43 Å². The monoisotopic (exact) mass is 277 g/mol. The predicted octanol–water partition coefficient (Wildman–Crippen LogP) is 2.64. The molecule has 1 rings (SSSR count). The van der Waals surface area contributed by atoms with Gasteiger partial charge in [0, 0.05) is 18.0 Å². The second-order valence-electron chi connectivity index (χ2n) is 3.96. The van der Waals surface area contributed by atoms with Gasteiger partial charge in [-0.3, -0.25) is 4.79 Å². The Balaban J connectivity index is 3.14. The third kappa shape index (κ3) is 3.85. The molecule has 1 unspecified atom stereocenters. The molecule has 0 bridgehead atoms. The Morgan fingerprint density at radius 1 is 1.42 bits per heavy atom. The Kier molecular flexibility index (Phi) is 5.17. The van der Waals surface area contributed by atoms with E-state index >= 15 is 0 Å². The maximum absolute atomic E-state index is 13.3. The summed E-state index contributed by atoms with van der Waals surface area (Å²) in [7, 11) is 1.17. The summed E-state index contributed by atoms with van der Waals surface area (Å²) in [5.41, 5.74) is 5.15. The maximum Gasteiger partial charge on any atom is 0.303 e. The van der Waals surface area contributed by atoms with E-state index in [0.29, 0.717) is 6.07 Å². The molecular weight excluding hydrogens is 263 g/mol. The molecule has 0 heterocycles. The SMILES string of the molecule is COc1c(C(F)F)cc(F)cc1C(N)CCC(=O)O. The third-order valence-corrected chi connectivity index (χ3v) is 2.62. The van der Waals surface area contributed by atoms with Gasteiger partial charge >= 0.3 is 5.97 Å². The zero-order chi connectivity index (χ0) is 14.6. The van der Waals surface area contributed by atoms with E-state index < -0.39 is 29.8 Å². The van der Waals surface area contributed by atoms with Gasteiger partial charge in [-0.15, -0.1) is 0 Å². The minimum absolute atomic E-state index is 0.00216. The molecule has 0 spiro atoms. The summed E-state index contributed by atoms with van der Waals surface area (Å²) >= 11 is 0. The molecule has 1 aromatic rings. The van der Waals surface area contributed by atoms with Crippen molar-refractivity contribution in [3.05, 3.63) is 29.1 Å². The van der Waals surface area contributed by atoms with Crippen LogP contribution in [-0.2, 0) is 4.79 Å². The van der Waals surface area contributed by atoms with Crippen molar-refractivity contribution in [1.29, 1.82) is 0 Å². The third-order valence-electron chi connectivity index (χ3n) is 2.62. The van der Waals surface area contributed by atoms with Gasteiger partial charge in [0.05, 0.1) is 12.7 Å². The summed E-state index contributed by atoms with van der Waals surface area (Å²) in [5, 5.41) is 8.55. The van der Waals surface area contributed by atoms with Crippen molar-refractivity contribution in [3.63, 3.8) is 0 Å². The van der Waals surface area contributed by atoms with Crippen LogP contribution < -0.4 is 10.5 Å². The van der Waals surface area contributed by atoms with E-state index in [1.807, 2.05) is 0 Å². The van der Waals surface area contributed by atoms with E-state index in [1.54, 1.807) is 0 Å². The Morgan fingerprint density at radius 2 is 2.00 bits per heavy atom. The van der Waals surface area contributed by atoms with Crippen LogP contribution >= 0.6 is 0 Å². The first-order chi connectivity index (χ1) is 8.86. The Hall–Kier alpha value is -1.76. The molecule has 106 valence electrons. The fourth-order valence-electron chi connectivity index (χ4n) is 1.74. The number of carboxylic acid groups (broad SMARTS) is 1. The van der Waals surface area contributed by atoms with E-state index in [9.17, 15) is 18.0 Å². The highest BCUT2D eigenvalue weighted by molar-refractivity contribution is 5.66. The number of carbonyl (C=O) groups is 1. The number of halogens is 3. The summed E-state index contributed by atoms with van der Waals surface area (Å²) in [4.78, 5) is 10.5. The van der Waals surface area contributed by atoms with Crippen molar-refractivity contribution in [2.24, 2.45) is 5.73 Å². The van der Waals surface area contributed by atoms with E-state index in [2.05, 4.69) is 0 Å². The number of alkyl halides is 2. The number of hydrogen-bond donors (Lipinski definition) is 2. The number of methoxy groups -OCH3 is 1. The Bertz CT molecular complexity index is 466. The molecule has 0 aliphatic heterocycles. The molecule has 0 fully saturated rings. The number of rotatable bonds is 6. The molecule has 0 amide bonds. The smallest absolute Gasteiger partial charge is 0.303 e. The molecule has 1 atom stereocenters. The van der Waals surface area contributed by atoms with Crippen molar-refractivity contribution in [3.8, 4) is 5.75 Å². The molecule has 0 saturated heterocycles. The average molecular weight is 277 g/mol. The number of hydrogen-bond acceptors (Lipinski definition) is 3. The van der Waals surface area contributed by atoms with Crippen LogP contribution in [0, 0.1) is 5.82 Å². The van der Waals surface area contributed by atoms with Crippen LogP contribution in [0.15, 0.2) is 12.1 Å². The lowest BCUT2D eigenvalue weighted by molar-refractivity contribution is -0.137. The lowest BCUT2D eigenvalue weighted by Crippen LogP contribution is -2.15. The second-order valence-corrected chi connectivity index (χ2v) is 3.96. The largest absolute Gasteiger partial charge is 0.496 e. The maximum atomic E-state index is 13.3. The van der Waals surface area contributed by atoms with Crippen molar-refractivity contribution >= 4 is 5.97 Å². The summed E-state index contributed by atoms with van der Waals surface area (Å²) in [6, 6.07) is 0.771. The summed E-state index contributed by atoms with van der Waals surface area (Å²) in [6.45, 7) is 0. The van der Waals surface area contributed by atoms with Gasteiger partial charge in [-0.1, -0.05) is 0 Å². The van der Waals surface area contributed by atoms with Crippen LogP contribution in [0.4, 0.5) is 13.2 Å². The van der Waals surface area contributed by atoms with Crippen LogP contribution in [0.3, 0.4) is 0 Å². The van der Waals surface area contributed by atoms with E-state index in [-0.39, 0.29) is 24.2 Å². The molecule has 3 N–H and O–H groups in total. The number of benzene rings is 1.